The van der Waals surface area contributed by atoms with Crippen molar-refractivity contribution in [1.29, 1.82) is 0 Å². The predicted octanol–water partition coefficient (Wildman–Crippen LogP) is 1.26. The molecule has 3 N–H and O–H groups in total. The van der Waals surface area contributed by atoms with Gasteiger partial charge in [0.25, 0.3) is 0 Å². The Kier molecular flexibility index (Phi) is 3.04. The summed E-state index contributed by atoms with van der Waals surface area (Å²) >= 11 is 0. The van der Waals surface area contributed by atoms with E-state index in [0.29, 0.717) is 17.6 Å². The van der Waals surface area contributed by atoms with Gasteiger partial charge >= 0.3 is 0 Å². The lowest BCUT2D eigenvalue weighted by molar-refractivity contribution is 0.961. The van der Waals surface area contributed by atoms with Crippen LogP contribution in [0.5, 0.6) is 0 Å². The zero-order chi connectivity index (χ0) is 12.3. The number of anilines is 4. The van der Waals surface area contributed by atoms with Gasteiger partial charge in [0.15, 0.2) is 0 Å². The van der Waals surface area contributed by atoms with E-state index in [-0.39, 0.29) is 0 Å². The molecular weight excluding hydrogens is 216 g/mol. The van der Waals surface area contributed by atoms with Crippen molar-refractivity contribution in [3.05, 3.63) is 30.6 Å². The second-order valence-electron chi connectivity index (χ2n) is 3.75. The van der Waals surface area contributed by atoms with Crippen LogP contribution in [0.3, 0.4) is 0 Å². The van der Waals surface area contributed by atoms with Crippen LogP contribution in [0.2, 0.25) is 0 Å². The average Bonchev–Trinajstić information content (AvgIpc) is 2.29. The highest BCUT2D eigenvalue weighted by Crippen LogP contribution is 2.16. The first-order valence-corrected chi connectivity index (χ1v) is 5.14. The number of hydrogen-bond donors (Lipinski definition) is 2. The van der Waals surface area contributed by atoms with E-state index in [4.69, 9.17) is 5.73 Å². The van der Waals surface area contributed by atoms with Gasteiger partial charge in [-0.3, -0.25) is 0 Å². The normalized spacial score (nSPS) is 10.0. The molecule has 2 aromatic rings. The van der Waals surface area contributed by atoms with Gasteiger partial charge in [0.1, 0.15) is 6.33 Å². The van der Waals surface area contributed by atoms with Crippen molar-refractivity contribution in [2.24, 2.45) is 0 Å². The van der Waals surface area contributed by atoms with Crippen LogP contribution in [0.15, 0.2) is 30.6 Å². The Hall–Kier alpha value is -2.37. The van der Waals surface area contributed by atoms with Crippen molar-refractivity contribution >= 4 is 23.3 Å². The lowest BCUT2D eigenvalue weighted by Crippen LogP contribution is -2.13. The molecule has 1 aromatic carbocycles. The molecule has 6 heteroatoms. The van der Waals surface area contributed by atoms with E-state index in [2.05, 4.69) is 20.3 Å². The van der Waals surface area contributed by atoms with Gasteiger partial charge < -0.3 is 16.0 Å². The number of nitrogens with one attached hydrogen (secondary N) is 1. The standard InChI is InChI=1S/C11H14N6/c1-17(2)11-14-7-13-10(16-11)15-9-5-3-4-8(12)6-9/h3-7H,12H2,1-2H3,(H,13,14,15,16). The average molecular weight is 230 g/mol. The fraction of sp³-hybridized carbons (Fsp3) is 0.182. The van der Waals surface area contributed by atoms with E-state index >= 15 is 0 Å². The molecule has 0 aliphatic rings. The number of nitrogens with two attached hydrogens (primary N) is 1. The maximum absolute atomic E-state index is 5.69. The molecule has 0 amide bonds. The molecule has 1 heterocycles. The molecule has 17 heavy (non-hydrogen) atoms. The molecule has 0 unspecified atom stereocenters. The van der Waals surface area contributed by atoms with Gasteiger partial charge in [-0.2, -0.15) is 4.98 Å². The molecule has 0 saturated carbocycles. The maximum atomic E-state index is 5.69. The highest BCUT2D eigenvalue weighted by atomic mass is 15.3. The Morgan fingerprint density at radius 3 is 2.76 bits per heavy atom. The molecule has 0 aliphatic carbocycles. The minimum atomic E-state index is 0.495. The Balaban J connectivity index is 2.21. The van der Waals surface area contributed by atoms with Crippen molar-refractivity contribution in [3.8, 4) is 0 Å². The van der Waals surface area contributed by atoms with Gasteiger partial charge in [0.05, 0.1) is 0 Å². The summed E-state index contributed by atoms with van der Waals surface area (Å²) in [4.78, 5) is 14.1. The summed E-state index contributed by atoms with van der Waals surface area (Å²) in [6, 6.07) is 7.41. The van der Waals surface area contributed by atoms with Gasteiger partial charge in [-0.1, -0.05) is 6.07 Å². The number of aromatic nitrogens is 3. The molecule has 0 bridgehead atoms. The topological polar surface area (TPSA) is 80.0 Å². The summed E-state index contributed by atoms with van der Waals surface area (Å²) in [5, 5.41) is 3.07. The van der Waals surface area contributed by atoms with Gasteiger partial charge in [-0.05, 0) is 18.2 Å². The first-order valence-electron chi connectivity index (χ1n) is 5.14. The number of hydrogen-bond acceptors (Lipinski definition) is 6. The predicted molar refractivity (Wildman–Crippen MR) is 68.3 cm³/mol. The van der Waals surface area contributed by atoms with Crippen molar-refractivity contribution in [2.45, 2.75) is 0 Å². The quantitative estimate of drug-likeness (QED) is 0.773. The summed E-state index contributed by atoms with van der Waals surface area (Å²) in [5.41, 5.74) is 7.23. The summed E-state index contributed by atoms with van der Waals surface area (Å²) < 4.78 is 0. The van der Waals surface area contributed by atoms with Crippen LogP contribution >= 0.6 is 0 Å². The summed E-state index contributed by atoms with van der Waals surface area (Å²) in [6.07, 6.45) is 1.47. The van der Waals surface area contributed by atoms with E-state index in [1.54, 1.807) is 0 Å². The molecule has 0 fully saturated rings. The molecule has 0 aliphatic heterocycles. The summed E-state index contributed by atoms with van der Waals surface area (Å²) in [7, 11) is 3.75. The summed E-state index contributed by atoms with van der Waals surface area (Å²) in [5.74, 6) is 1.10. The smallest absolute Gasteiger partial charge is 0.231 e. The lowest BCUT2D eigenvalue weighted by atomic mass is 10.3. The minimum absolute atomic E-state index is 0.495. The van der Waals surface area contributed by atoms with Crippen LogP contribution in [0.25, 0.3) is 0 Å². The molecular formula is C11H14N6. The van der Waals surface area contributed by atoms with Crippen LogP contribution in [-0.4, -0.2) is 29.0 Å². The maximum Gasteiger partial charge on any atom is 0.231 e. The fourth-order valence-corrected chi connectivity index (χ4v) is 1.31. The van der Waals surface area contributed by atoms with Gasteiger partial charge in [0, 0.05) is 25.5 Å². The monoisotopic (exact) mass is 230 g/mol. The summed E-state index contributed by atoms with van der Waals surface area (Å²) in [6.45, 7) is 0. The largest absolute Gasteiger partial charge is 0.399 e. The number of nitrogens with zero attached hydrogens (tertiary/aromatic N) is 4. The van der Waals surface area contributed by atoms with Crippen LogP contribution in [0.4, 0.5) is 23.3 Å². The molecule has 1 aromatic heterocycles. The van der Waals surface area contributed by atoms with E-state index in [1.165, 1.54) is 6.33 Å². The molecule has 88 valence electrons. The zero-order valence-electron chi connectivity index (χ0n) is 9.75. The van der Waals surface area contributed by atoms with E-state index in [9.17, 15) is 0 Å². The highest BCUT2D eigenvalue weighted by Gasteiger charge is 2.02. The molecule has 0 atom stereocenters. The Bertz CT molecular complexity index is 511. The van der Waals surface area contributed by atoms with Crippen LogP contribution in [0.1, 0.15) is 0 Å². The Labute approximate surface area is 99.5 Å². The van der Waals surface area contributed by atoms with Gasteiger partial charge in [-0.15, -0.1) is 0 Å². The third-order valence-corrected chi connectivity index (χ3v) is 2.10. The van der Waals surface area contributed by atoms with Crippen molar-refractivity contribution < 1.29 is 0 Å². The SMILES string of the molecule is CN(C)c1ncnc(Nc2cccc(N)c2)n1. The number of benzene rings is 1. The second-order valence-corrected chi connectivity index (χ2v) is 3.75. The van der Waals surface area contributed by atoms with E-state index in [0.717, 1.165) is 5.69 Å². The Morgan fingerprint density at radius 1 is 1.24 bits per heavy atom. The highest BCUT2D eigenvalue weighted by molar-refractivity contribution is 5.59. The van der Waals surface area contributed by atoms with Gasteiger partial charge in [0.2, 0.25) is 11.9 Å². The minimum Gasteiger partial charge on any atom is -0.399 e. The van der Waals surface area contributed by atoms with E-state index in [1.807, 2.05) is 43.3 Å². The number of rotatable bonds is 3. The molecule has 0 spiro atoms. The van der Waals surface area contributed by atoms with Crippen LogP contribution in [0, 0.1) is 0 Å². The third kappa shape index (κ3) is 2.81. The first kappa shape index (κ1) is 11.1. The molecule has 6 nitrogen and oxygen atoms in total. The van der Waals surface area contributed by atoms with Gasteiger partial charge in [-0.25, -0.2) is 9.97 Å². The molecule has 2 rings (SSSR count). The fourth-order valence-electron chi connectivity index (χ4n) is 1.31. The van der Waals surface area contributed by atoms with Crippen molar-refractivity contribution in [3.63, 3.8) is 0 Å². The third-order valence-electron chi connectivity index (χ3n) is 2.10. The van der Waals surface area contributed by atoms with Crippen molar-refractivity contribution in [2.75, 3.05) is 30.0 Å². The van der Waals surface area contributed by atoms with Crippen LogP contribution < -0.4 is 16.0 Å². The zero-order valence-corrected chi connectivity index (χ0v) is 9.75. The lowest BCUT2D eigenvalue weighted by Gasteiger charge is -2.11. The molecule has 0 radical (unpaired) electrons. The van der Waals surface area contributed by atoms with Crippen molar-refractivity contribution in [1.82, 2.24) is 15.0 Å². The second kappa shape index (κ2) is 4.65. The number of nitrogen functional groups attached to an aromatic ring is 1. The molecule has 0 saturated heterocycles. The van der Waals surface area contributed by atoms with E-state index < -0.39 is 0 Å². The first-order chi connectivity index (χ1) is 8.15. The Morgan fingerprint density at radius 2 is 2.06 bits per heavy atom. The van der Waals surface area contributed by atoms with Crippen LogP contribution in [-0.2, 0) is 0 Å².